The topological polar surface area (TPSA) is 24.9 Å². The summed E-state index contributed by atoms with van der Waals surface area (Å²) >= 11 is 4.71. The van der Waals surface area contributed by atoms with Crippen molar-refractivity contribution in [3.63, 3.8) is 0 Å². The highest BCUT2D eigenvalue weighted by Gasteiger charge is 2.10. The quantitative estimate of drug-likeness (QED) is 0.899. The summed E-state index contributed by atoms with van der Waals surface area (Å²) in [6.07, 6.45) is 0.888. The minimum absolute atomic E-state index is 0.252. The molecule has 0 amide bonds. The number of nitrogens with one attached hydrogen (secondary N) is 1. The fourth-order valence-corrected chi connectivity index (χ4v) is 2.78. The van der Waals surface area contributed by atoms with Gasteiger partial charge in [0.15, 0.2) is 0 Å². The zero-order valence-corrected chi connectivity index (χ0v) is 12.0. The monoisotopic (exact) mass is 332 g/mol. The Bertz CT molecular complexity index is 534. The first-order valence-electron chi connectivity index (χ1n) is 5.42. The first-order valence-corrected chi connectivity index (χ1v) is 7.09. The molecule has 1 N–H and O–H groups in total. The van der Waals surface area contributed by atoms with Gasteiger partial charge in [-0.05, 0) is 28.4 Å². The van der Waals surface area contributed by atoms with Crippen molar-refractivity contribution in [2.24, 2.45) is 0 Å². The number of nitrogens with zero attached hydrogens (tertiary/aromatic N) is 1. The molecule has 0 radical (unpaired) electrons. The van der Waals surface area contributed by atoms with Crippen LogP contribution in [0.5, 0.6) is 0 Å². The van der Waals surface area contributed by atoms with Gasteiger partial charge in [-0.2, -0.15) is 0 Å². The third-order valence-electron chi connectivity index (χ3n) is 2.35. The van der Waals surface area contributed by atoms with Crippen molar-refractivity contribution in [1.82, 2.24) is 4.98 Å². The molecule has 96 valence electrons. The number of hydrogen-bond acceptors (Lipinski definition) is 3. The van der Waals surface area contributed by atoms with Gasteiger partial charge in [0.2, 0.25) is 0 Å². The first-order chi connectivity index (χ1) is 8.60. The maximum atomic E-state index is 13.5. The summed E-state index contributed by atoms with van der Waals surface area (Å²) in [5.41, 5.74) is 1.11. The predicted octanol–water partition coefficient (Wildman–Crippen LogP) is 4.36. The van der Waals surface area contributed by atoms with E-state index in [1.165, 1.54) is 6.07 Å². The molecule has 0 aliphatic carbocycles. The molecule has 1 aromatic heterocycles. The minimum Gasteiger partial charge on any atom is -0.376 e. The second-order valence-corrected chi connectivity index (χ2v) is 5.48. The first kappa shape index (κ1) is 13.4. The van der Waals surface area contributed by atoms with E-state index in [4.69, 9.17) is 0 Å². The van der Waals surface area contributed by atoms with Gasteiger partial charge in [0, 0.05) is 15.9 Å². The summed E-state index contributed by atoms with van der Waals surface area (Å²) in [6.45, 7) is 2.45. The van der Waals surface area contributed by atoms with Crippen LogP contribution in [-0.4, -0.2) is 4.98 Å². The van der Waals surface area contributed by atoms with Gasteiger partial charge in [0.1, 0.15) is 11.6 Å². The molecule has 2 aromatic rings. The van der Waals surface area contributed by atoms with Crippen LogP contribution in [0.15, 0.2) is 22.0 Å². The normalized spacial score (nSPS) is 10.7. The van der Waals surface area contributed by atoms with Gasteiger partial charge in [0.25, 0.3) is 0 Å². The van der Waals surface area contributed by atoms with Crippen LogP contribution in [0.3, 0.4) is 0 Å². The molecule has 2 nitrogen and oxygen atoms in total. The van der Waals surface area contributed by atoms with E-state index in [0.717, 1.165) is 23.2 Å². The molecule has 0 aliphatic rings. The van der Waals surface area contributed by atoms with Crippen LogP contribution in [-0.2, 0) is 13.0 Å². The largest absolute Gasteiger partial charge is 0.376 e. The lowest BCUT2D eigenvalue weighted by Gasteiger charge is -2.08. The summed E-state index contributed by atoms with van der Waals surface area (Å²) in [7, 11) is 0. The van der Waals surface area contributed by atoms with Crippen LogP contribution >= 0.6 is 27.3 Å². The van der Waals surface area contributed by atoms with Crippen molar-refractivity contribution in [2.45, 2.75) is 19.9 Å². The van der Waals surface area contributed by atoms with E-state index in [9.17, 15) is 8.78 Å². The molecule has 1 aromatic carbocycles. The maximum absolute atomic E-state index is 13.5. The van der Waals surface area contributed by atoms with Crippen LogP contribution < -0.4 is 5.32 Å². The summed E-state index contributed by atoms with van der Waals surface area (Å²) < 4.78 is 26.8. The third-order valence-corrected chi connectivity index (χ3v) is 4.02. The Morgan fingerprint density at radius 3 is 2.78 bits per heavy atom. The summed E-state index contributed by atoms with van der Waals surface area (Å²) in [5.74, 6) is -1.22. The standard InChI is InChI=1S/C12H11BrF2N2S/c1-2-11-17-8(6-18-11)5-16-12-9(13)3-7(14)4-10(12)15/h3-4,6,16H,2,5H2,1H3. The molecule has 0 aliphatic heterocycles. The maximum Gasteiger partial charge on any atom is 0.150 e. The van der Waals surface area contributed by atoms with Crippen molar-refractivity contribution in [2.75, 3.05) is 5.32 Å². The Morgan fingerprint density at radius 2 is 2.17 bits per heavy atom. The van der Waals surface area contributed by atoms with Crippen LogP contribution in [0.4, 0.5) is 14.5 Å². The number of anilines is 1. The number of benzene rings is 1. The second kappa shape index (κ2) is 5.75. The zero-order valence-electron chi connectivity index (χ0n) is 9.64. The number of rotatable bonds is 4. The Labute approximate surface area is 116 Å². The lowest BCUT2D eigenvalue weighted by Crippen LogP contribution is -2.03. The zero-order chi connectivity index (χ0) is 13.1. The molecular formula is C12H11BrF2N2S. The molecule has 0 atom stereocenters. The molecular weight excluding hydrogens is 322 g/mol. The van der Waals surface area contributed by atoms with Gasteiger partial charge in [0.05, 0.1) is 22.9 Å². The third kappa shape index (κ3) is 3.05. The SMILES string of the molecule is CCc1nc(CNc2c(F)cc(F)cc2Br)cs1. The Kier molecular flexibility index (Phi) is 4.29. The van der Waals surface area contributed by atoms with E-state index in [-0.39, 0.29) is 5.69 Å². The van der Waals surface area contributed by atoms with Crippen molar-refractivity contribution in [3.05, 3.63) is 44.3 Å². The number of hydrogen-bond donors (Lipinski definition) is 1. The van der Waals surface area contributed by atoms with E-state index < -0.39 is 11.6 Å². The highest BCUT2D eigenvalue weighted by atomic mass is 79.9. The van der Waals surface area contributed by atoms with Crippen molar-refractivity contribution >= 4 is 33.0 Å². The minimum atomic E-state index is -0.618. The van der Waals surface area contributed by atoms with Gasteiger partial charge in [-0.1, -0.05) is 6.92 Å². The number of aromatic nitrogens is 1. The molecule has 6 heteroatoms. The highest BCUT2D eigenvalue weighted by Crippen LogP contribution is 2.27. The van der Waals surface area contributed by atoms with Crippen LogP contribution in [0.2, 0.25) is 0 Å². The molecule has 18 heavy (non-hydrogen) atoms. The van der Waals surface area contributed by atoms with Crippen LogP contribution in [0, 0.1) is 11.6 Å². The number of aryl methyl sites for hydroxylation is 1. The van der Waals surface area contributed by atoms with Crippen LogP contribution in [0.1, 0.15) is 17.6 Å². The predicted molar refractivity (Wildman–Crippen MR) is 72.9 cm³/mol. The average molecular weight is 333 g/mol. The molecule has 1 heterocycles. The molecule has 0 fully saturated rings. The molecule has 2 rings (SSSR count). The Hall–Kier alpha value is -1.01. The van der Waals surface area contributed by atoms with E-state index in [1.54, 1.807) is 11.3 Å². The lowest BCUT2D eigenvalue weighted by molar-refractivity contribution is 0.583. The molecule has 0 unspecified atom stereocenters. The lowest BCUT2D eigenvalue weighted by atomic mass is 10.3. The van der Waals surface area contributed by atoms with E-state index in [0.29, 0.717) is 11.0 Å². The fourth-order valence-electron chi connectivity index (χ4n) is 1.48. The summed E-state index contributed by atoms with van der Waals surface area (Å²) in [5, 5.41) is 5.90. The molecule has 0 spiro atoms. The van der Waals surface area contributed by atoms with Gasteiger partial charge in [-0.15, -0.1) is 11.3 Å². The van der Waals surface area contributed by atoms with Crippen molar-refractivity contribution < 1.29 is 8.78 Å². The molecule has 0 saturated heterocycles. The van der Waals surface area contributed by atoms with Crippen molar-refractivity contribution in [3.8, 4) is 0 Å². The average Bonchev–Trinajstić information content (AvgIpc) is 2.75. The smallest absolute Gasteiger partial charge is 0.150 e. The fraction of sp³-hybridized carbons (Fsp3) is 0.250. The van der Waals surface area contributed by atoms with E-state index in [2.05, 4.69) is 26.2 Å². The number of thiazole rings is 1. The number of halogens is 3. The summed E-state index contributed by atoms with van der Waals surface area (Å²) in [6, 6.07) is 2.08. The van der Waals surface area contributed by atoms with E-state index >= 15 is 0 Å². The van der Waals surface area contributed by atoms with Gasteiger partial charge in [-0.25, -0.2) is 13.8 Å². The summed E-state index contributed by atoms with van der Waals surface area (Å²) in [4.78, 5) is 4.36. The van der Waals surface area contributed by atoms with Crippen molar-refractivity contribution in [1.29, 1.82) is 0 Å². The van der Waals surface area contributed by atoms with Gasteiger partial charge < -0.3 is 5.32 Å². The Balaban J connectivity index is 2.10. The second-order valence-electron chi connectivity index (χ2n) is 3.68. The van der Waals surface area contributed by atoms with Gasteiger partial charge in [-0.3, -0.25) is 0 Å². The molecule has 0 bridgehead atoms. The Morgan fingerprint density at radius 1 is 1.39 bits per heavy atom. The molecule has 0 saturated carbocycles. The highest BCUT2D eigenvalue weighted by molar-refractivity contribution is 9.10. The van der Waals surface area contributed by atoms with Gasteiger partial charge >= 0.3 is 0 Å². The van der Waals surface area contributed by atoms with E-state index in [1.807, 2.05) is 12.3 Å². The van der Waals surface area contributed by atoms with Crippen LogP contribution in [0.25, 0.3) is 0 Å².